The van der Waals surface area contributed by atoms with Crippen molar-refractivity contribution in [3.8, 4) is 0 Å². The molecule has 1 N–H and O–H groups in total. The molecule has 0 aromatic heterocycles. The highest BCUT2D eigenvalue weighted by Crippen LogP contribution is 2.67. The van der Waals surface area contributed by atoms with Crippen molar-refractivity contribution in [3.05, 3.63) is 12.2 Å². The summed E-state index contributed by atoms with van der Waals surface area (Å²) in [5.41, 5.74) is 0.484. The fraction of sp³-hybridized carbons (Fsp3) is 0.800. The topological polar surface area (TPSA) is 80.7 Å². The van der Waals surface area contributed by atoms with Gasteiger partial charge in [0.1, 0.15) is 11.9 Å². The van der Waals surface area contributed by atoms with Crippen molar-refractivity contribution in [2.24, 2.45) is 40.4 Å². The van der Waals surface area contributed by atoms with E-state index in [0.717, 1.165) is 43.8 Å². The quantitative estimate of drug-likeness (QED) is 0.526. The van der Waals surface area contributed by atoms with Crippen LogP contribution in [-0.2, 0) is 19.1 Å². The van der Waals surface area contributed by atoms with Gasteiger partial charge in [0.25, 0.3) is 0 Å². The van der Waals surface area contributed by atoms with E-state index in [0.29, 0.717) is 29.0 Å². The molecule has 0 amide bonds. The zero-order valence-electron chi connectivity index (χ0n) is 18.6. The van der Waals surface area contributed by atoms with E-state index in [1.54, 1.807) is 6.92 Å². The maximum atomic E-state index is 12.3. The summed E-state index contributed by atoms with van der Waals surface area (Å²) in [6, 6.07) is 0. The molecule has 0 spiro atoms. The van der Waals surface area contributed by atoms with Crippen LogP contribution in [0.25, 0.3) is 0 Å². The molecule has 0 aromatic carbocycles. The Labute approximate surface area is 179 Å². The van der Waals surface area contributed by atoms with E-state index in [2.05, 4.69) is 13.8 Å². The molecule has 0 unspecified atom stereocenters. The number of fused-ring (bicyclic) bond motifs is 5. The third-order valence-corrected chi connectivity index (χ3v) is 9.75. The first-order valence-electron chi connectivity index (χ1n) is 11.8. The second kappa shape index (κ2) is 7.80. The van der Waals surface area contributed by atoms with Crippen molar-refractivity contribution in [2.75, 3.05) is 0 Å². The standard InChI is InChI=1S/C25H36O5/c1-15(26)19-6-7-20-18-5-4-16-14-17(30-23(29)9-8-22(27)28)10-12-24(16,2)21(18)11-13-25(19,20)3/h8-9,16-21H,4-7,10-14H2,1-3H3,(H,27,28)/b9-8-/t16-,17-,18+,19-,20+,21+,24+,25-/m1/s1. The van der Waals surface area contributed by atoms with Crippen molar-refractivity contribution in [2.45, 2.75) is 84.7 Å². The number of aliphatic carboxylic acids is 1. The molecule has 0 heterocycles. The van der Waals surface area contributed by atoms with Crippen molar-refractivity contribution in [1.29, 1.82) is 0 Å². The summed E-state index contributed by atoms with van der Waals surface area (Å²) >= 11 is 0. The summed E-state index contributed by atoms with van der Waals surface area (Å²) < 4.78 is 5.57. The lowest BCUT2D eigenvalue weighted by Gasteiger charge is -2.61. The Kier molecular flexibility index (Phi) is 5.61. The van der Waals surface area contributed by atoms with Crippen LogP contribution in [-0.4, -0.2) is 28.9 Å². The highest BCUT2D eigenvalue weighted by Gasteiger charge is 2.60. The molecule has 5 nitrogen and oxygen atoms in total. The fourth-order valence-electron chi connectivity index (χ4n) is 8.34. The Hall–Kier alpha value is -1.65. The van der Waals surface area contributed by atoms with Gasteiger partial charge < -0.3 is 9.84 Å². The lowest BCUT2D eigenvalue weighted by Crippen LogP contribution is -2.54. The molecule has 4 fully saturated rings. The van der Waals surface area contributed by atoms with Crippen LogP contribution in [0, 0.1) is 40.4 Å². The van der Waals surface area contributed by atoms with Crippen molar-refractivity contribution >= 4 is 17.7 Å². The van der Waals surface area contributed by atoms with E-state index in [-0.39, 0.29) is 17.4 Å². The van der Waals surface area contributed by atoms with Gasteiger partial charge in [0.2, 0.25) is 0 Å². The van der Waals surface area contributed by atoms with E-state index in [1.165, 1.54) is 32.1 Å². The number of rotatable bonds is 4. The van der Waals surface area contributed by atoms with Gasteiger partial charge in [-0.25, -0.2) is 9.59 Å². The first-order valence-corrected chi connectivity index (χ1v) is 11.8. The monoisotopic (exact) mass is 416 g/mol. The van der Waals surface area contributed by atoms with Gasteiger partial charge in [-0.2, -0.15) is 0 Å². The van der Waals surface area contributed by atoms with Crippen molar-refractivity contribution in [3.63, 3.8) is 0 Å². The van der Waals surface area contributed by atoms with Gasteiger partial charge >= 0.3 is 11.9 Å². The SMILES string of the molecule is CC(=O)[C@H]1CC[C@H]2[C@@H]3CC[C@@H]4C[C@H](OC(=O)/C=C\C(=O)O)CC[C@]4(C)[C@H]3CC[C@]12C. The molecule has 0 aromatic rings. The number of ether oxygens (including phenoxy) is 1. The number of esters is 1. The third kappa shape index (κ3) is 3.52. The predicted octanol–water partition coefficient (Wildman–Crippen LogP) is 4.79. The molecular formula is C25H36O5. The average molecular weight is 417 g/mol. The van der Waals surface area contributed by atoms with E-state index < -0.39 is 11.9 Å². The van der Waals surface area contributed by atoms with E-state index in [9.17, 15) is 14.4 Å². The summed E-state index contributed by atoms with van der Waals surface area (Å²) in [7, 11) is 0. The molecule has 0 aliphatic heterocycles. The van der Waals surface area contributed by atoms with Gasteiger partial charge in [-0.05, 0) is 99.2 Å². The molecule has 5 heteroatoms. The van der Waals surface area contributed by atoms with E-state index in [1.807, 2.05) is 0 Å². The summed E-state index contributed by atoms with van der Waals surface area (Å²) in [6.07, 6.45) is 11.7. The highest BCUT2D eigenvalue weighted by molar-refractivity contribution is 5.90. The van der Waals surface area contributed by atoms with Crippen LogP contribution in [0.15, 0.2) is 12.2 Å². The van der Waals surface area contributed by atoms with Gasteiger partial charge in [-0.3, -0.25) is 4.79 Å². The number of carbonyl (C=O) groups excluding carboxylic acids is 2. The normalized spacial score (nSPS) is 45.3. The number of ketones is 1. The van der Waals surface area contributed by atoms with Crippen LogP contribution in [0.1, 0.15) is 78.6 Å². The lowest BCUT2D eigenvalue weighted by molar-refractivity contribution is -0.158. The number of carboxylic acids is 1. The van der Waals surface area contributed by atoms with Crippen LogP contribution in [0.4, 0.5) is 0 Å². The summed E-state index contributed by atoms with van der Waals surface area (Å²) in [5, 5.41) is 8.68. The number of carbonyl (C=O) groups is 3. The largest absolute Gasteiger partial charge is 0.478 e. The number of carboxylic acid groups (broad SMARTS) is 1. The molecule has 8 atom stereocenters. The van der Waals surface area contributed by atoms with Gasteiger partial charge in [-0.1, -0.05) is 13.8 Å². The molecule has 166 valence electrons. The van der Waals surface area contributed by atoms with Crippen molar-refractivity contribution in [1.82, 2.24) is 0 Å². The average Bonchev–Trinajstić information content (AvgIpc) is 3.04. The number of hydrogen-bond acceptors (Lipinski definition) is 4. The summed E-state index contributed by atoms with van der Waals surface area (Å²) in [4.78, 5) is 34.8. The molecule has 30 heavy (non-hydrogen) atoms. The smallest absolute Gasteiger partial charge is 0.331 e. The minimum absolute atomic E-state index is 0.104. The molecule has 0 saturated heterocycles. The molecular weight excluding hydrogens is 380 g/mol. The molecule has 4 aliphatic rings. The Morgan fingerprint density at radius 3 is 2.30 bits per heavy atom. The van der Waals surface area contributed by atoms with Gasteiger partial charge in [0.15, 0.2) is 0 Å². The maximum Gasteiger partial charge on any atom is 0.331 e. The van der Waals surface area contributed by atoms with Crippen LogP contribution >= 0.6 is 0 Å². The van der Waals surface area contributed by atoms with Crippen LogP contribution in [0.2, 0.25) is 0 Å². The molecule has 0 bridgehead atoms. The number of hydrogen-bond donors (Lipinski definition) is 1. The number of Topliss-reactive ketones (excluding diaryl/α,β-unsaturated/α-hetero) is 1. The van der Waals surface area contributed by atoms with Crippen LogP contribution < -0.4 is 0 Å². The molecule has 4 saturated carbocycles. The third-order valence-electron chi connectivity index (χ3n) is 9.75. The van der Waals surface area contributed by atoms with E-state index >= 15 is 0 Å². The zero-order chi connectivity index (χ0) is 21.7. The van der Waals surface area contributed by atoms with Gasteiger partial charge in [0, 0.05) is 18.1 Å². The Morgan fingerprint density at radius 1 is 0.900 bits per heavy atom. The zero-order valence-corrected chi connectivity index (χ0v) is 18.6. The predicted molar refractivity (Wildman–Crippen MR) is 113 cm³/mol. The first-order chi connectivity index (χ1) is 14.1. The molecule has 4 aliphatic carbocycles. The molecule has 0 radical (unpaired) electrons. The minimum Gasteiger partial charge on any atom is -0.478 e. The Morgan fingerprint density at radius 2 is 1.60 bits per heavy atom. The maximum absolute atomic E-state index is 12.3. The first kappa shape index (κ1) is 21.6. The van der Waals surface area contributed by atoms with Crippen molar-refractivity contribution < 1.29 is 24.2 Å². The fourth-order valence-corrected chi connectivity index (χ4v) is 8.34. The highest BCUT2D eigenvalue weighted by atomic mass is 16.5. The minimum atomic E-state index is -1.13. The van der Waals surface area contributed by atoms with E-state index in [4.69, 9.17) is 9.84 Å². The van der Waals surface area contributed by atoms with Gasteiger partial charge in [-0.15, -0.1) is 0 Å². The second-order valence-corrected chi connectivity index (χ2v) is 10.9. The molecule has 4 rings (SSSR count). The van der Waals surface area contributed by atoms with Crippen LogP contribution in [0.5, 0.6) is 0 Å². The van der Waals surface area contributed by atoms with Crippen LogP contribution in [0.3, 0.4) is 0 Å². The summed E-state index contributed by atoms with van der Waals surface area (Å²) in [5.74, 6) is 1.64. The Bertz CT molecular complexity index is 757. The lowest BCUT2D eigenvalue weighted by atomic mass is 9.44. The second-order valence-electron chi connectivity index (χ2n) is 10.9. The van der Waals surface area contributed by atoms with Gasteiger partial charge in [0.05, 0.1) is 0 Å². The Balaban J connectivity index is 1.44. The summed E-state index contributed by atoms with van der Waals surface area (Å²) in [6.45, 7) is 6.65.